The van der Waals surface area contributed by atoms with E-state index in [-0.39, 0.29) is 30.5 Å². The number of nitrogens with one attached hydrogen (secondary N) is 2. The summed E-state index contributed by atoms with van der Waals surface area (Å²) in [6.45, 7) is -0.148. The zero-order valence-corrected chi connectivity index (χ0v) is 18.0. The van der Waals surface area contributed by atoms with Gasteiger partial charge < -0.3 is 14.6 Å². The maximum Gasteiger partial charge on any atom is 0.293 e. The third kappa shape index (κ3) is 5.82. The van der Waals surface area contributed by atoms with Crippen LogP contribution in [-0.4, -0.2) is 41.2 Å². The van der Waals surface area contributed by atoms with Crippen LogP contribution in [0.4, 0.5) is 10.8 Å². The molecule has 0 radical (unpaired) electrons. The number of anilines is 2. The predicted molar refractivity (Wildman–Crippen MR) is 115 cm³/mol. The van der Waals surface area contributed by atoms with Crippen LogP contribution in [0.1, 0.15) is 16.2 Å². The first kappa shape index (κ1) is 21.8. The molecule has 2 heterocycles. The van der Waals surface area contributed by atoms with E-state index in [1.165, 1.54) is 41.7 Å². The van der Waals surface area contributed by atoms with E-state index in [1.54, 1.807) is 23.6 Å². The van der Waals surface area contributed by atoms with Gasteiger partial charge in [-0.2, -0.15) is 0 Å². The Kier molecular flexibility index (Phi) is 7.09. The predicted octanol–water partition coefficient (Wildman–Crippen LogP) is 3.93. The van der Waals surface area contributed by atoms with Gasteiger partial charge in [0.15, 0.2) is 10.9 Å². The fourth-order valence-corrected chi connectivity index (χ4v) is 3.38. The van der Waals surface area contributed by atoms with Crippen molar-refractivity contribution in [3.63, 3.8) is 0 Å². The highest BCUT2D eigenvalue weighted by molar-refractivity contribution is 7.14. The molecule has 0 unspecified atom stereocenters. The minimum atomic E-state index is -0.427. The Morgan fingerprint density at radius 3 is 2.67 bits per heavy atom. The molecule has 0 fully saturated rings. The first-order valence-corrected chi connectivity index (χ1v) is 10.2. The van der Waals surface area contributed by atoms with E-state index in [2.05, 4.69) is 15.6 Å². The number of benzene rings is 1. The molecule has 3 aromatic rings. The van der Waals surface area contributed by atoms with Crippen molar-refractivity contribution in [3.8, 4) is 0 Å². The maximum absolute atomic E-state index is 12.4. The minimum absolute atomic E-state index is 0.0102. The molecule has 0 saturated carbocycles. The highest BCUT2D eigenvalue weighted by atomic mass is 35.5. The number of hydrogen-bond acceptors (Lipinski definition) is 6. The first-order chi connectivity index (χ1) is 14.3. The molecule has 156 valence electrons. The molecule has 2 aromatic heterocycles. The van der Waals surface area contributed by atoms with Crippen molar-refractivity contribution in [2.45, 2.75) is 6.42 Å². The number of carbonyl (C=O) groups is 3. The van der Waals surface area contributed by atoms with E-state index in [0.717, 1.165) is 0 Å². The quantitative estimate of drug-likeness (QED) is 0.548. The first-order valence-electron chi connectivity index (χ1n) is 8.60. The molecule has 30 heavy (non-hydrogen) atoms. The molecule has 0 saturated heterocycles. The Morgan fingerprint density at radius 1 is 1.17 bits per heavy atom. The van der Waals surface area contributed by atoms with Crippen LogP contribution in [0.25, 0.3) is 0 Å². The van der Waals surface area contributed by atoms with Gasteiger partial charge in [0.1, 0.15) is 0 Å². The van der Waals surface area contributed by atoms with Crippen LogP contribution >= 0.6 is 34.5 Å². The van der Waals surface area contributed by atoms with Crippen molar-refractivity contribution in [2.24, 2.45) is 0 Å². The van der Waals surface area contributed by atoms with Gasteiger partial charge in [0.2, 0.25) is 11.8 Å². The Morgan fingerprint density at radius 2 is 1.97 bits per heavy atom. The summed E-state index contributed by atoms with van der Waals surface area (Å²) in [5, 5.41) is 7.96. The number of thiazole rings is 1. The fourth-order valence-electron chi connectivity index (χ4n) is 2.38. The van der Waals surface area contributed by atoms with Crippen LogP contribution in [0.5, 0.6) is 0 Å². The monoisotopic (exact) mass is 466 g/mol. The molecule has 8 nitrogen and oxygen atoms in total. The van der Waals surface area contributed by atoms with Gasteiger partial charge in [-0.25, -0.2) is 4.98 Å². The molecule has 0 aliphatic heterocycles. The minimum Gasteiger partial charge on any atom is -0.459 e. The van der Waals surface area contributed by atoms with Gasteiger partial charge in [0, 0.05) is 18.1 Å². The van der Waals surface area contributed by atoms with Crippen molar-refractivity contribution in [3.05, 3.63) is 63.5 Å². The normalized spacial score (nSPS) is 10.5. The lowest BCUT2D eigenvalue weighted by molar-refractivity contribution is -0.132. The number of halogens is 2. The molecule has 2 N–H and O–H groups in total. The Balaban J connectivity index is 1.50. The molecular weight excluding hydrogens is 451 g/mol. The number of furan rings is 1. The standard InChI is InChI=1S/C19H16Cl2N4O4S/c1-25(9-16(26)22-11-4-5-13(20)14(21)7-11)17(27)8-12-10-30-19(23-12)24-18(28)15-3-2-6-29-15/h2-7,10H,8-9H2,1H3,(H,22,26)(H,23,24,28). The molecule has 3 rings (SSSR count). The van der Waals surface area contributed by atoms with E-state index in [1.807, 2.05) is 0 Å². The third-order valence-corrected chi connectivity index (χ3v) is 5.40. The average Bonchev–Trinajstić information content (AvgIpc) is 3.37. The van der Waals surface area contributed by atoms with Crippen LogP contribution in [-0.2, 0) is 16.0 Å². The molecule has 0 atom stereocenters. The summed E-state index contributed by atoms with van der Waals surface area (Å²) < 4.78 is 5.01. The molecule has 11 heteroatoms. The summed E-state index contributed by atoms with van der Waals surface area (Å²) in [4.78, 5) is 42.0. The molecule has 3 amide bonds. The van der Waals surface area contributed by atoms with Crippen LogP contribution in [0.3, 0.4) is 0 Å². The second-order valence-electron chi connectivity index (χ2n) is 6.18. The summed E-state index contributed by atoms with van der Waals surface area (Å²) in [5.41, 5.74) is 0.961. The van der Waals surface area contributed by atoms with Gasteiger partial charge in [-0.05, 0) is 30.3 Å². The van der Waals surface area contributed by atoms with Crippen molar-refractivity contribution >= 4 is 63.1 Å². The summed E-state index contributed by atoms with van der Waals surface area (Å²) in [6.07, 6.45) is 1.39. The number of carbonyl (C=O) groups excluding carboxylic acids is 3. The number of aromatic nitrogens is 1. The van der Waals surface area contributed by atoms with Gasteiger partial charge in [0.25, 0.3) is 5.91 Å². The number of amides is 3. The van der Waals surface area contributed by atoms with E-state index in [0.29, 0.717) is 26.6 Å². The second-order valence-corrected chi connectivity index (χ2v) is 7.85. The van der Waals surface area contributed by atoms with Gasteiger partial charge in [-0.15, -0.1) is 11.3 Å². The van der Waals surface area contributed by atoms with Crippen LogP contribution in [0, 0.1) is 0 Å². The number of nitrogens with zero attached hydrogens (tertiary/aromatic N) is 2. The van der Waals surface area contributed by atoms with Crippen LogP contribution in [0.15, 0.2) is 46.4 Å². The van der Waals surface area contributed by atoms with Crippen LogP contribution in [0.2, 0.25) is 10.0 Å². The van der Waals surface area contributed by atoms with Crippen molar-refractivity contribution < 1.29 is 18.8 Å². The topological polar surface area (TPSA) is 105 Å². The number of rotatable bonds is 7. The van der Waals surface area contributed by atoms with Crippen LogP contribution < -0.4 is 10.6 Å². The fraction of sp³-hybridized carbons (Fsp3) is 0.158. The zero-order chi connectivity index (χ0) is 21.7. The highest BCUT2D eigenvalue weighted by Crippen LogP contribution is 2.25. The molecule has 0 aliphatic carbocycles. The Labute approximate surface area is 185 Å². The average molecular weight is 467 g/mol. The van der Waals surface area contributed by atoms with Crippen molar-refractivity contribution in [2.75, 3.05) is 24.2 Å². The Bertz CT molecular complexity index is 1070. The summed E-state index contributed by atoms with van der Waals surface area (Å²) in [6, 6.07) is 7.85. The van der Waals surface area contributed by atoms with Crippen molar-refractivity contribution in [1.29, 1.82) is 0 Å². The number of hydrogen-bond donors (Lipinski definition) is 2. The SMILES string of the molecule is CN(CC(=O)Nc1ccc(Cl)c(Cl)c1)C(=O)Cc1csc(NC(=O)c2ccco2)n1. The van der Waals surface area contributed by atoms with E-state index in [9.17, 15) is 14.4 Å². The molecular formula is C19H16Cl2N4O4S. The maximum atomic E-state index is 12.4. The van der Waals surface area contributed by atoms with E-state index in [4.69, 9.17) is 27.6 Å². The summed E-state index contributed by atoms with van der Waals surface area (Å²) >= 11 is 13.0. The molecule has 1 aromatic carbocycles. The molecule has 0 spiro atoms. The smallest absolute Gasteiger partial charge is 0.293 e. The van der Waals surface area contributed by atoms with Gasteiger partial charge in [-0.1, -0.05) is 23.2 Å². The lowest BCUT2D eigenvalue weighted by atomic mass is 10.3. The summed E-state index contributed by atoms with van der Waals surface area (Å²) in [5.74, 6) is -0.943. The van der Waals surface area contributed by atoms with Gasteiger partial charge in [0.05, 0.1) is 35.0 Å². The molecule has 0 aliphatic rings. The Hall–Kier alpha value is -2.88. The number of likely N-dealkylation sites (N-methyl/N-ethyl adjacent to an activating group) is 1. The van der Waals surface area contributed by atoms with Gasteiger partial charge in [-0.3, -0.25) is 19.7 Å². The zero-order valence-electron chi connectivity index (χ0n) is 15.6. The highest BCUT2D eigenvalue weighted by Gasteiger charge is 2.17. The van der Waals surface area contributed by atoms with Crippen molar-refractivity contribution in [1.82, 2.24) is 9.88 Å². The second kappa shape index (κ2) is 9.75. The lowest BCUT2D eigenvalue weighted by Crippen LogP contribution is -2.35. The molecule has 0 bridgehead atoms. The van der Waals surface area contributed by atoms with Gasteiger partial charge >= 0.3 is 0 Å². The largest absolute Gasteiger partial charge is 0.459 e. The summed E-state index contributed by atoms with van der Waals surface area (Å²) in [7, 11) is 1.52. The van der Waals surface area contributed by atoms with E-state index >= 15 is 0 Å². The third-order valence-electron chi connectivity index (χ3n) is 3.86. The van der Waals surface area contributed by atoms with E-state index < -0.39 is 5.91 Å². The lowest BCUT2D eigenvalue weighted by Gasteiger charge is -2.16.